The highest BCUT2D eigenvalue weighted by molar-refractivity contribution is 5.98. The van der Waals surface area contributed by atoms with E-state index < -0.39 is 0 Å². The van der Waals surface area contributed by atoms with Gasteiger partial charge in [0.1, 0.15) is 0 Å². The van der Waals surface area contributed by atoms with E-state index in [-0.39, 0.29) is 0 Å². The summed E-state index contributed by atoms with van der Waals surface area (Å²) in [5, 5.41) is 11.4. The lowest BCUT2D eigenvalue weighted by Crippen LogP contribution is -2.10. The van der Waals surface area contributed by atoms with Crippen molar-refractivity contribution in [3.8, 4) is 11.5 Å². The smallest absolute Gasteiger partial charge is 0.265 e. The molecule has 0 aliphatic rings. The Bertz CT molecular complexity index is 744. The van der Waals surface area contributed by atoms with Crippen molar-refractivity contribution in [2.45, 2.75) is 0 Å². The number of benzene rings is 1. The second-order valence-electron chi connectivity index (χ2n) is 4.31. The molecule has 0 atom stereocenters. The van der Waals surface area contributed by atoms with Crippen LogP contribution in [0.4, 0.5) is 5.95 Å². The van der Waals surface area contributed by atoms with Gasteiger partial charge in [-0.25, -0.2) is 0 Å². The standard InChI is InChI=1S/C12H11N5O2/c1-17(2)12-14-11(19-16-12)7-3-8(6-18)9-5-13-15-10(9)4-7/h3-6H,1-2H3,(H,13,15). The molecule has 0 amide bonds. The number of nitrogens with one attached hydrogen (secondary N) is 1. The number of aromatic amines is 1. The maximum absolute atomic E-state index is 11.1. The van der Waals surface area contributed by atoms with Gasteiger partial charge in [-0.2, -0.15) is 10.1 Å². The van der Waals surface area contributed by atoms with E-state index in [1.54, 1.807) is 17.2 Å². The predicted octanol–water partition coefficient (Wildman–Crippen LogP) is 1.49. The number of carbonyl (C=O) groups excluding carboxylic acids is 1. The molecule has 0 aliphatic heterocycles. The van der Waals surface area contributed by atoms with Gasteiger partial charge in [0.25, 0.3) is 11.8 Å². The largest absolute Gasteiger partial charge is 0.344 e. The van der Waals surface area contributed by atoms with Crippen LogP contribution in [-0.2, 0) is 0 Å². The van der Waals surface area contributed by atoms with Gasteiger partial charge in [-0.05, 0) is 17.3 Å². The van der Waals surface area contributed by atoms with E-state index in [4.69, 9.17) is 4.52 Å². The molecular weight excluding hydrogens is 246 g/mol. The van der Waals surface area contributed by atoms with Crippen LogP contribution in [-0.4, -0.2) is 40.7 Å². The topological polar surface area (TPSA) is 87.9 Å². The summed E-state index contributed by atoms with van der Waals surface area (Å²) in [6.07, 6.45) is 2.40. The van der Waals surface area contributed by atoms with Crippen molar-refractivity contribution in [3.05, 3.63) is 23.9 Å². The van der Waals surface area contributed by atoms with Crippen molar-refractivity contribution < 1.29 is 9.32 Å². The summed E-state index contributed by atoms with van der Waals surface area (Å²) in [6, 6.07) is 3.53. The molecular formula is C12H11N5O2. The Balaban J connectivity index is 2.15. The van der Waals surface area contributed by atoms with Crippen LogP contribution in [0.3, 0.4) is 0 Å². The number of rotatable bonds is 3. The zero-order chi connectivity index (χ0) is 13.4. The first-order chi connectivity index (χ1) is 9.19. The van der Waals surface area contributed by atoms with Crippen LogP contribution in [0.15, 0.2) is 22.9 Å². The first kappa shape index (κ1) is 11.4. The molecule has 2 aromatic heterocycles. The van der Waals surface area contributed by atoms with Crippen molar-refractivity contribution >= 4 is 23.1 Å². The fraction of sp³-hybridized carbons (Fsp3) is 0.167. The minimum atomic E-state index is 0.364. The van der Waals surface area contributed by atoms with Crippen LogP contribution in [0.25, 0.3) is 22.4 Å². The van der Waals surface area contributed by atoms with E-state index >= 15 is 0 Å². The zero-order valence-electron chi connectivity index (χ0n) is 10.4. The summed E-state index contributed by atoms with van der Waals surface area (Å²) in [6.45, 7) is 0. The van der Waals surface area contributed by atoms with E-state index in [1.807, 2.05) is 20.2 Å². The van der Waals surface area contributed by atoms with E-state index in [9.17, 15) is 4.79 Å². The second kappa shape index (κ2) is 4.20. The number of aldehydes is 1. The van der Waals surface area contributed by atoms with Crippen molar-refractivity contribution in [2.24, 2.45) is 0 Å². The van der Waals surface area contributed by atoms with Gasteiger partial charge in [0.2, 0.25) is 0 Å². The number of fused-ring (bicyclic) bond motifs is 1. The second-order valence-corrected chi connectivity index (χ2v) is 4.31. The van der Waals surface area contributed by atoms with Gasteiger partial charge >= 0.3 is 0 Å². The molecule has 0 bridgehead atoms. The molecule has 0 spiro atoms. The Morgan fingerprint density at radius 3 is 2.89 bits per heavy atom. The third-order valence-electron chi connectivity index (χ3n) is 2.78. The van der Waals surface area contributed by atoms with Crippen LogP contribution in [0.5, 0.6) is 0 Å². The third kappa shape index (κ3) is 1.85. The molecule has 0 radical (unpaired) electrons. The van der Waals surface area contributed by atoms with Gasteiger partial charge in [0, 0.05) is 30.6 Å². The monoisotopic (exact) mass is 257 g/mol. The van der Waals surface area contributed by atoms with Gasteiger partial charge < -0.3 is 9.42 Å². The van der Waals surface area contributed by atoms with E-state index in [0.29, 0.717) is 23.0 Å². The molecule has 1 N–H and O–H groups in total. The highest BCUT2D eigenvalue weighted by atomic mass is 16.5. The number of hydrogen-bond acceptors (Lipinski definition) is 6. The quantitative estimate of drug-likeness (QED) is 0.715. The van der Waals surface area contributed by atoms with Crippen LogP contribution >= 0.6 is 0 Å². The van der Waals surface area contributed by atoms with Gasteiger partial charge in [-0.3, -0.25) is 9.89 Å². The lowest BCUT2D eigenvalue weighted by Gasteiger charge is -2.02. The lowest BCUT2D eigenvalue weighted by atomic mass is 10.1. The molecule has 0 saturated carbocycles. The van der Waals surface area contributed by atoms with Gasteiger partial charge in [0.05, 0.1) is 11.7 Å². The summed E-state index contributed by atoms with van der Waals surface area (Å²) in [7, 11) is 3.65. The fourth-order valence-electron chi connectivity index (χ4n) is 1.81. The molecule has 3 rings (SSSR count). The van der Waals surface area contributed by atoms with Crippen LogP contribution in [0.2, 0.25) is 0 Å². The maximum Gasteiger partial charge on any atom is 0.265 e. The van der Waals surface area contributed by atoms with Crippen LogP contribution < -0.4 is 4.90 Å². The van der Waals surface area contributed by atoms with E-state index in [1.165, 1.54) is 0 Å². The predicted molar refractivity (Wildman–Crippen MR) is 69.1 cm³/mol. The Hall–Kier alpha value is -2.70. The molecule has 19 heavy (non-hydrogen) atoms. The highest BCUT2D eigenvalue weighted by Gasteiger charge is 2.13. The number of anilines is 1. The molecule has 0 aliphatic carbocycles. The van der Waals surface area contributed by atoms with Crippen molar-refractivity contribution in [3.63, 3.8) is 0 Å². The Kier molecular flexibility index (Phi) is 2.52. The van der Waals surface area contributed by atoms with Gasteiger partial charge in [0.15, 0.2) is 6.29 Å². The summed E-state index contributed by atoms with van der Waals surface area (Å²) in [5.41, 5.74) is 1.97. The SMILES string of the molecule is CN(C)c1noc(-c2cc(C=O)c3cn[nH]c3c2)n1. The maximum atomic E-state index is 11.1. The minimum absolute atomic E-state index is 0.364. The lowest BCUT2D eigenvalue weighted by molar-refractivity contribution is 0.112. The normalized spacial score (nSPS) is 10.8. The summed E-state index contributed by atoms with van der Waals surface area (Å²) in [4.78, 5) is 17.1. The average Bonchev–Trinajstić information content (AvgIpc) is 3.05. The first-order valence-corrected chi connectivity index (χ1v) is 5.63. The Morgan fingerprint density at radius 2 is 2.21 bits per heavy atom. The van der Waals surface area contributed by atoms with E-state index in [0.717, 1.165) is 17.2 Å². The molecule has 2 heterocycles. The molecule has 0 fully saturated rings. The average molecular weight is 257 g/mol. The number of carbonyl (C=O) groups is 1. The van der Waals surface area contributed by atoms with Crippen molar-refractivity contribution in [1.29, 1.82) is 0 Å². The van der Waals surface area contributed by atoms with E-state index in [2.05, 4.69) is 20.3 Å². The summed E-state index contributed by atoms with van der Waals surface area (Å²) >= 11 is 0. The third-order valence-corrected chi connectivity index (χ3v) is 2.78. The van der Waals surface area contributed by atoms with Crippen LogP contribution in [0, 0.1) is 0 Å². The van der Waals surface area contributed by atoms with Crippen LogP contribution in [0.1, 0.15) is 10.4 Å². The highest BCUT2D eigenvalue weighted by Crippen LogP contribution is 2.25. The molecule has 0 saturated heterocycles. The summed E-state index contributed by atoms with van der Waals surface area (Å²) < 4.78 is 5.18. The minimum Gasteiger partial charge on any atom is -0.344 e. The summed E-state index contributed by atoms with van der Waals surface area (Å²) in [5.74, 6) is 0.843. The molecule has 0 unspecified atom stereocenters. The fourth-order valence-corrected chi connectivity index (χ4v) is 1.81. The molecule has 7 nitrogen and oxygen atoms in total. The molecule has 96 valence electrons. The molecule has 3 aromatic rings. The van der Waals surface area contributed by atoms with Crippen molar-refractivity contribution in [1.82, 2.24) is 20.3 Å². The zero-order valence-corrected chi connectivity index (χ0v) is 10.4. The Morgan fingerprint density at radius 1 is 1.37 bits per heavy atom. The number of nitrogens with zero attached hydrogens (tertiary/aromatic N) is 4. The number of hydrogen-bond donors (Lipinski definition) is 1. The van der Waals surface area contributed by atoms with Crippen molar-refractivity contribution in [2.75, 3.05) is 19.0 Å². The van der Waals surface area contributed by atoms with Gasteiger partial charge in [-0.1, -0.05) is 0 Å². The van der Waals surface area contributed by atoms with Gasteiger partial charge in [-0.15, -0.1) is 0 Å². The molecule has 1 aromatic carbocycles. The molecule has 7 heteroatoms. The number of H-pyrrole nitrogens is 1. The number of aromatic nitrogens is 4. The first-order valence-electron chi connectivity index (χ1n) is 5.63. The Labute approximate surface area is 108 Å².